The number of halogens is 2. The third-order valence-corrected chi connectivity index (χ3v) is 3.62. The smallest absolute Gasteiger partial charge is 0.410 e. The van der Waals surface area contributed by atoms with E-state index >= 15 is 0 Å². The van der Waals surface area contributed by atoms with Crippen LogP contribution in [-0.2, 0) is 11.2 Å². The maximum Gasteiger partial charge on any atom is 0.410 e. The second-order valence-corrected chi connectivity index (χ2v) is 4.94. The Morgan fingerprint density at radius 2 is 2.10 bits per heavy atom. The van der Waals surface area contributed by atoms with E-state index < -0.39 is 11.7 Å². The van der Waals surface area contributed by atoms with E-state index in [0.29, 0.717) is 9.16 Å². The molecular weight excluding hydrogens is 319 g/mol. The normalized spacial score (nSPS) is 10.6. The minimum atomic E-state index is -0.917. The van der Waals surface area contributed by atoms with Gasteiger partial charge in [0.2, 0.25) is 0 Å². The standard InChI is InChI=1S/C13H10Cl2N2O4/c1-3-4-9-12(13(18)21-2)17(20)11-6-8(15)7(14)5-10(11)16(9)19/h3,5-6H,1,4H2,2H3. The number of rotatable bonds is 3. The zero-order chi connectivity index (χ0) is 15.7. The van der Waals surface area contributed by atoms with Gasteiger partial charge in [0, 0.05) is 17.4 Å². The van der Waals surface area contributed by atoms with Crippen LogP contribution in [0.2, 0.25) is 10.0 Å². The first-order valence-corrected chi connectivity index (χ1v) is 6.53. The number of ether oxygens (including phenoxy) is 1. The number of nitrogens with zero attached hydrogens (tertiary/aromatic N) is 2. The van der Waals surface area contributed by atoms with Crippen LogP contribution in [0.3, 0.4) is 0 Å². The molecule has 8 heteroatoms. The van der Waals surface area contributed by atoms with Crippen LogP contribution in [-0.4, -0.2) is 17.8 Å². The number of benzene rings is 1. The molecule has 110 valence electrons. The Bertz CT molecular complexity index is 814. The summed E-state index contributed by atoms with van der Waals surface area (Å²) < 4.78 is 5.33. The van der Waals surface area contributed by atoms with Gasteiger partial charge in [0.1, 0.15) is 11.2 Å². The Kier molecular flexibility index (Phi) is 4.20. The predicted octanol–water partition coefficient (Wildman–Crippen LogP) is 2.72. The lowest BCUT2D eigenvalue weighted by Crippen LogP contribution is -2.32. The first-order valence-electron chi connectivity index (χ1n) is 5.78. The van der Waals surface area contributed by atoms with Gasteiger partial charge in [-0.05, 0) is 6.07 Å². The molecule has 0 saturated carbocycles. The second kappa shape index (κ2) is 5.75. The summed E-state index contributed by atoms with van der Waals surface area (Å²) in [6.45, 7) is 3.50. The number of carbonyl (C=O) groups excluding carboxylic acids is 1. The van der Waals surface area contributed by atoms with Crippen LogP contribution in [0.4, 0.5) is 0 Å². The Balaban J connectivity index is 3.01. The van der Waals surface area contributed by atoms with Crippen LogP contribution in [0.25, 0.3) is 11.0 Å². The largest absolute Gasteiger partial charge is 0.805 e. The summed E-state index contributed by atoms with van der Waals surface area (Å²) in [5, 5.41) is 12.6. The van der Waals surface area contributed by atoms with Crippen molar-refractivity contribution < 1.29 is 14.0 Å². The van der Waals surface area contributed by atoms with Crippen LogP contribution in [0.1, 0.15) is 16.2 Å². The molecule has 0 spiro atoms. The number of aromatic nitrogens is 2. The number of esters is 1. The fourth-order valence-electron chi connectivity index (χ4n) is 1.94. The Morgan fingerprint density at radius 1 is 1.48 bits per heavy atom. The van der Waals surface area contributed by atoms with Crippen molar-refractivity contribution in [1.29, 1.82) is 0 Å². The van der Waals surface area contributed by atoms with E-state index in [4.69, 9.17) is 23.2 Å². The number of hydrogen-bond acceptors (Lipinski definition) is 4. The summed E-state index contributed by atoms with van der Waals surface area (Å²) in [6, 6.07) is 2.50. The molecule has 0 radical (unpaired) electrons. The minimum absolute atomic E-state index is 0.00361. The number of hydrogen-bond donors (Lipinski definition) is 0. The van der Waals surface area contributed by atoms with Crippen LogP contribution >= 0.6 is 23.2 Å². The molecule has 1 aromatic heterocycles. The van der Waals surface area contributed by atoms with Gasteiger partial charge in [-0.25, -0.2) is 4.79 Å². The third kappa shape index (κ3) is 2.48. The highest BCUT2D eigenvalue weighted by molar-refractivity contribution is 6.42. The maximum atomic E-state index is 12.4. The summed E-state index contributed by atoms with van der Waals surface area (Å²) in [6.07, 6.45) is 1.42. The quantitative estimate of drug-likeness (QED) is 0.493. The molecule has 0 saturated heterocycles. The summed E-state index contributed by atoms with van der Waals surface area (Å²) in [4.78, 5) is 24.2. The molecule has 2 aromatic rings. The molecule has 0 aliphatic heterocycles. The van der Waals surface area contributed by atoms with Crippen molar-refractivity contribution >= 4 is 40.2 Å². The van der Waals surface area contributed by atoms with Crippen LogP contribution < -0.4 is 4.43 Å². The molecule has 6 nitrogen and oxygen atoms in total. The zero-order valence-electron chi connectivity index (χ0n) is 10.9. The summed E-state index contributed by atoms with van der Waals surface area (Å²) in [7, 11) is 1.12. The first kappa shape index (κ1) is 15.3. The third-order valence-electron chi connectivity index (χ3n) is 2.89. The Hall–Kier alpha value is -2.05. The van der Waals surface area contributed by atoms with Crippen molar-refractivity contribution in [3.8, 4) is 0 Å². The van der Waals surface area contributed by atoms with E-state index in [1.165, 1.54) is 18.2 Å². The average Bonchev–Trinajstić information content (AvgIpc) is 2.46. The number of allylic oxidation sites excluding steroid dienone is 1. The fourth-order valence-corrected chi connectivity index (χ4v) is 2.26. The van der Waals surface area contributed by atoms with E-state index in [2.05, 4.69) is 11.3 Å². The topological polar surface area (TPSA) is 77.3 Å². The molecule has 21 heavy (non-hydrogen) atoms. The summed E-state index contributed by atoms with van der Waals surface area (Å²) in [5.41, 5.74) is -0.549. The van der Waals surface area contributed by atoms with E-state index in [-0.39, 0.29) is 33.2 Å². The van der Waals surface area contributed by atoms with Crippen LogP contribution in [0.5, 0.6) is 0 Å². The molecule has 2 rings (SSSR count). The summed E-state index contributed by atoms with van der Waals surface area (Å²) >= 11 is 11.7. The maximum absolute atomic E-state index is 12.4. The van der Waals surface area contributed by atoms with Crippen molar-refractivity contribution in [3.05, 3.63) is 56.3 Å². The number of carbonyl (C=O) groups is 1. The molecule has 0 aliphatic rings. The highest BCUT2D eigenvalue weighted by atomic mass is 35.5. The van der Waals surface area contributed by atoms with Gasteiger partial charge in [-0.3, -0.25) is 0 Å². The van der Waals surface area contributed by atoms with Crippen molar-refractivity contribution in [2.75, 3.05) is 7.11 Å². The SMILES string of the molecule is C=CCc1c(C(=O)OC)[n+](=O)c2cc(Cl)c(Cl)cc2n1[O-]. The van der Waals surface area contributed by atoms with Gasteiger partial charge in [0.15, 0.2) is 0 Å². The molecule has 0 amide bonds. The fraction of sp³-hybridized carbons (Fsp3) is 0.154. The highest BCUT2D eigenvalue weighted by Gasteiger charge is 2.29. The number of fused-ring (bicyclic) bond motifs is 1. The van der Waals surface area contributed by atoms with E-state index in [9.17, 15) is 14.9 Å². The van der Waals surface area contributed by atoms with Crippen molar-refractivity contribution in [2.24, 2.45) is 0 Å². The Morgan fingerprint density at radius 3 is 2.67 bits per heavy atom. The van der Waals surface area contributed by atoms with E-state index in [0.717, 1.165) is 7.11 Å². The van der Waals surface area contributed by atoms with E-state index in [1.807, 2.05) is 0 Å². The van der Waals surface area contributed by atoms with Gasteiger partial charge < -0.3 is 14.7 Å². The zero-order valence-corrected chi connectivity index (χ0v) is 12.4. The van der Waals surface area contributed by atoms with Crippen LogP contribution in [0, 0.1) is 10.1 Å². The predicted molar refractivity (Wildman–Crippen MR) is 79.3 cm³/mol. The number of methoxy groups -OCH3 is 1. The molecule has 0 unspecified atom stereocenters. The van der Waals surface area contributed by atoms with Gasteiger partial charge in [0.05, 0.1) is 21.6 Å². The second-order valence-electron chi connectivity index (χ2n) is 4.12. The Labute approximate surface area is 129 Å². The lowest BCUT2D eigenvalue weighted by molar-refractivity contribution is -0.469. The molecule has 1 aromatic carbocycles. The molecule has 0 aliphatic carbocycles. The van der Waals surface area contributed by atoms with Gasteiger partial charge in [0.25, 0.3) is 5.52 Å². The average molecular weight is 329 g/mol. The lowest BCUT2D eigenvalue weighted by Gasteiger charge is -2.18. The minimum Gasteiger partial charge on any atom is -0.805 e. The monoisotopic (exact) mass is 328 g/mol. The summed E-state index contributed by atoms with van der Waals surface area (Å²) in [5.74, 6) is -0.917. The lowest BCUT2D eigenvalue weighted by atomic mass is 10.2. The first-order chi connectivity index (χ1) is 9.92. The van der Waals surface area contributed by atoms with Crippen molar-refractivity contribution in [3.63, 3.8) is 0 Å². The van der Waals surface area contributed by atoms with Gasteiger partial charge in [-0.15, -0.1) is 6.58 Å². The molecule has 1 heterocycles. The van der Waals surface area contributed by atoms with E-state index in [1.54, 1.807) is 0 Å². The van der Waals surface area contributed by atoms with Gasteiger partial charge >= 0.3 is 11.7 Å². The van der Waals surface area contributed by atoms with Crippen molar-refractivity contribution in [1.82, 2.24) is 4.73 Å². The van der Waals surface area contributed by atoms with Crippen molar-refractivity contribution in [2.45, 2.75) is 6.42 Å². The molecular formula is C13H10Cl2N2O4. The molecule has 0 fully saturated rings. The molecule has 0 atom stereocenters. The molecule has 0 bridgehead atoms. The highest BCUT2D eigenvalue weighted by Crippen LogP contribution is 2.27. The molecule has 0 N–H and O–H groups in total. The van der Waals surface area contributed by atoms with Gasteiger partial charge in [-0.1, -0.05) is 29.3 Å². The van der Waals surface area contributed by atoms with Gasteiger partial charge in [-0.2, -0.15) is 0 Å². The van der Waals surface area contributed by atoms with Crippen LogP contribution in [0.15, 0.2) is 24.8 Å².